The lowest BCUT2D eigenvalue weighted by Crippen LogP contribution is -2.38. The maximum absolute atomic E-state index is 13.8. The SMILES string of the molecule is CC(C)(C)OC(=O)N1CCCCN(C(=O)OC(C)(C)C)Cc2cccc(n2)-c2ccc(s2)-c2cccc(n2)CN(C(=O)OC(C)(C)C)CCCCN(C(=O)OC(C)(C)C)Cc2cccc(n2)-c2ccc(s2)-c2cccc(n2)C1. The van der Waals surface area contributed by atoms with Gasteiger partial charge in [-0.25, -0.2) is 19.2 Å². The molecule has 18 heteroatoms. The molecular formula is C60H76N8O8S2. The first kappa shape index (κ1) is 58.8. The molecule has 0 atom stereocenters. The van der Waals surface area contributed by atoms with Crippen molar-refractivity contribution in [3.63, 3.8) is 0 Å². The van der Waals surface area contributed by atoms with Crippen LogP contribution in [0, 0.1) is 0 Å². The molecule has 0 N–H and O–H groups in total. The van der Waals surface area contributed by atoms with Gasteiger partial charge in [0.2, 0.25) is 0 Å². The molecular weight excluding hydrogens is 1020 g/mol. The van der Waals surface area contributed by atoms with E-state index in [2.05, 4.69) is 0 Å². The summed E-state index contributed by atoms with van der Waals surface area (Å²) in [5, 5.41) is 0. The summed E-state index contributed by atoms with van der Waals surface area (Å²) < 4.78 is 23.6. The highest BCUT2D eigenvalue weighted by Gasteiger charge is 2.28. The van der Waals surface area contributed by atoms with Crippen molar-refractivity contribution < 1.29 is 38.1 Å². The lowest BCUT2D eigenvalue weighted by atomic mass is 10.2. The molecule has 0 radical (unpaired) electrons. The molecule has 1 aliphatic rings. The minimum Gasteiger partial charge on any atom is -0.444 e. The summed E-state index contributed by atoms with van der Waals surface area (Å²) >= 11 is 3.09. The van der Waals surface area contributed by atoms with Crippen molar-refractivity contribution in [2.75, 3.05) is 26.2 Å². The Morgan fingerprint density at radius 1 is 0.346 bits per heavy atom. The van der Waals surface area contributed by atoms with Gasteiger partial charge in [-0.2, -0.15) is 0 Å². The number of pyridine rings is 4. The number of nitrogens with zero attached hydrogens (tertiary/aromatic N) is 8. The number of hydrogen-bond donors (Lipinski definition) is 0. The Kier molecular flexibility index (Phi) is 19.0. The Balaban J connectivity index is 1.22. The molecule has 6 aromatic heterocycles. The van der Waals surface area contributed by atoms with Gasteiger partial charge < -0.3 is 38.5 Å². The van der Waals surface area contributed by atoms with Crippen LogP contribution in [0.4, 0.5) is 19.2 Å². The highest BCUT2D eigenvalue weighted by molar-refractivity contribution is 7.19. The number of amides is 4. The summed E-state index contributed by atoms with van der Waals surface area (Å²) in [4.78, 5) is 85.8. The molecule has 0 unspecified atom stereocenters. The molecule has 0 fully saturated rings. The van der Waals surface area contributed by atoms with Crippen molar-refractivity contribution in [1.82, 2.24) is 39.5 Å². The average Bonchev–Trinajstić information content (AvgIpc) is 4.06. The standard InChI is InChI=1S/C60H76N8O8S2/c1-57(2,3)73-53(69)65-33-13-14-34-66(54(70)74-58(4,5)6)38-42-22-18-27-47(62-42)51-31-32-52(78-51)48-28-20-24-44(64-48)40-68(56(72)76-60(10,11)12)36-16-15-35-67(55(71)75-59(7,8)9)39-43-23-19-26-46(63-43)50-30-29-49(77-50)45-25-17-21-41(37-65)61-45/h17-32H,13-16,33-40H2,1-12H3. The lowest BCUT2D eigenvalue weighted by Gasteiger charge is -2.29. The topological polar surface area (TPSA) is 170 Å². The zero-order valence-electron chi connectivity index (χ0n) is 47.4. The van der Waals surface area contributed by atoms with Crippen LogP contribution < -0.4 is 0 Å². The third-order valence-corrected chi connectivity index (χ3v) is 13.9. The van der Waals surface area contributed by atoms with Crippen LogP contribution in [0.25, 0.3) is 42.3 Å². The van der Waals surface area contributed by atoms with Gasteiger partial charge in [-0.3, -0.25) is 19.9 Å². The van der Waals surface area contributed by atoms with Crippen LogP contribution >= 0.6 is 22.7 Å². The van der Waals surface area contributed by atoms with Crippen LogP contribution in [0.1, 0.15) is 132 Å². The highest BCUT2D eigenvalue weighted by Crippen LogP contribution is 2.35. The quantitative estimate of drug-likeness (QED) is 0.132. The monoisotopic (exact) mass is 1100 g/mol. The van der Waals surface area contributed by atoms with Gasteiger partial charge in [-0.1, -0.05) is 24.3 Å². The number of aromatic nitrogens is 4. The molecule has 6 aromatic rings. The van der Waals surface area contributed by atoms with E-state index in [1.54, 1.807) is 42.3 Å². The molecule has 416 valence electrons. The molecule has 0 aromatic carbocycles. The summed E-state index contributed by atoms with van der Waals surface area (Å²) in [5.74, 6) is 0. The normalized spacial score (nSPS) is 14.9. The molecule has 16 nitrogen and oxygen atoms in total. The molecule has 7 heterocycles. The Bertz CT molecular complexity index is 2620. The summed E-state index contributed by atoms with van der Waals surface area (Å²) in [6.45, 7) is 24.4. The van der Waals surface area contributed by atoms with E-state index in [9.17, 15) is 19.2 Å². The molecule has 0 saturated heterocycles. The maximum Gasteiger partial charge on any atom is 0.410 e. The fourth-order valence-corrected chi connectivity index (χ4v) is 10.2. The van der Waals surface area contributed by atoms with Crippen LogP contribution in [0.3, 0.4) is 0 Å². The van der Waals surface area contributed by atoms with Crippen molar-refractivity contribution >= 4 is 47.0 Å². The molecule has 7 rings (SSSR count). The van der Waals surface area contributed by atoms with E-state index in [1.807, 2.05) is 180 Å². The summed E-state index contributed by atoms with van der Waals surface area (Å²) in [7, 11) is 0. The van der Waals surface area contributed by atoms with Crippen LogP contribution in [0.5, 0.6) is 0 Å². The van der Waals surface area contributed by atoms with E-state index in [0.717, 1.165) is 42.3 Å². The fourth-order valence-electron chi connectivity index (χ4n) is 8.28. The van der Waals surface area contributed by atoms with Gasteiger partial charge in [0.05, 0.1) is 91.2 Å². The van der Waals surface area contributed by atoms with Crippen LogP contribution in [0.2, 0.25) is 0 Å². The molecule has 12 bridgehead atoms. The van der Waals surface area contributed by atoms with E-state index in [-0.39, 0.29) is 26.2 Å². The number of carbonyl (C=O) groups excluding carboxylic acids is 4. The molecule has 1 aliphatic heterocycles. The Hall–Kier alpha value is -6.92. The summed E-state index contributed by atoms with van der Waals surface area (Å²) in [5.41, 5.74) is 2.86. The third-order valence-electron chi connectivity index (χ3n) is 11.7. The number of fused-ring (bicyclic) bond motifs is 16. The summed E-state index contributed by atoms with van der Waals surface area (Å²) in [6.07, 6.45) is 0.430. The number of carbonyl (C=O) groups is 4. The van der Waals surface area contributed by atoms with Gasteiger partial charge >= 0.3 is 24.4 Å². The first-order valence-electron chi connectivity index (χ1n) is 26.7. The van der Waals surface area contributed by atoms with E-state index in [1.165, 1.54) is 0 Å². The number of hydrogen-bond acceptors (Lipinski definition) is 14. The van der Waals surface area contributed by atoms with Crippen molar-refractivity contribution in [2.45, 2.75) is 157 Å². The molecule has 0 spiro atoms. The van der Waals surface area contributed by atoms with Crippen molar-refractivity contribution in [1.29, 1.82) is 0 Å². The van der Waals surface area contributed by atoms with Crippen LogP contribution in [0.15, 0.2) is 97.1 Å². The van der Waals surface area contributed by atoms with Gasteiger partial charge in [-0.05, 0) is 182 Å². The first-order valence-corrected chi connectivity index (χ1v) is 28.3. The largest absolute Gasteiger partial charge is 0.444 e. The molecule has 4 amide bonds. The molecule has 0 saturated carbocycles. The van der Waals surface area contributed by atoms with E-state index in [4.69, 9.17) is 38.9 Å². The van der Waals surface area contributed by atoms with Gasteiger partial charge in [0.25, 0.3) is 0 Å². The highest BCUT2D eigenvalue weighted by atomic mass is 32.1. The van der Waals surface area contributed by atoms with Crippen LogP contribution in [-0.4, -0.2) is 112 Å². The van der Waals surface area contributed by atoms with E-state index in [0.29, 0.717) is 74.6 Å². The third kappa shape index (κ3) is 18.1. The minimum absolute atomic E-state index is 0.207. The number of ether oxygens (including phenoxy) is 4. The predicted molar refractivity (Wildman–Crippen MR) is 307 cm³/mol. The second-order valence-corrected chi connectivity index (χ2v) is 25.6. The van der Waals surface area contributed by atoms with Gasteiger partial charge in [0.1, 0.15) is 22.4 Å². The van der Waals surface area contributed by atoms with Crippen molar-refractivity contribution in [2.24, 2.45) is 0 Å². The molecule has 78 heavy (non-hydrogen) atoms. The van der Waals surface area contributed by atoms with E-state index < -0.39 is 46.8 Å². The second-order valence-electron chi connectivity index (χ2n) is 23.4. The minimum atomic E-state index is -0.723. The predicted octanol–water partition coefficient (Wildman–Crippen LogP) is 14.3. The zero-order valence-corrected chi connectivity index (χ0v) is 49.0. The van der Waals surface area contributed by atoms with Crippen molar-refractivity contribution in [3.8, 4) is 42.3 Å². The zero-order chi connectivity index (χ0) is 56.4. The Morgan fingerprint density at radius 2 is 0.551 bits per heavy atom. The van der Waals surface area contributed by atoms with Gasteiger partial charge in [0.15, 0.2) is 0 Å². The van der Waals surface area contributed by atoms with Gasteiger partial charge in [0, 0.05) is 26.2 Å². The smallest absolute Gasteiger partial charge is 0.410 e. The lowest BCUT2D eigenvalue weighted by molar-refractivity contribution is 0.0190. The second kappa shape index (κ2) is 25.3. The summed E-state index contributed by atoms with van der Waals surface area (Å²) in [6, 6.07) is 31.2. The first-order chi connectivity index (χ1) is 36.7. The number of rotatable bonds is 0. The van der Waals surface area contributed by atoms with Crippen LogP contribution in [-0.2, 0) is 45.1 Å². The average molecular weight is 1100 g/mol. The Morgan fingerprint density at radius 3 is 0.744 bits per heavy atom. The Labute approximate surface area is 468 Å². The fraction of sp³-hybridized carbons (Fsp3) is 0.467. The number of thiophene rings is 2. The maximum atomic E-state index is 13.8. The van der Waals surface area contributed by atoms with Gasteiger partial charge in [-0.15, -0.1) is 22.7 Å². The molecule has 0 aliphatic carbocycles. The van der Waals surface area contributed by atoms with E-state index >= 15 is 0 Å². The van der Waals surface area contributed by atoms with Crippen molar-refractivity contribution in [3.05, 3.63) is 120 Å².